The molecule has 0 aliphatic heterocycles. The Bertz CT molecular complexity index is 1200. The molecule has 0 atom stereocenters. The van der Waals surface area contributed by atoms with Gasteiger partial charge in [-0.3, -0.25) is 19.6 Å². The van der Waals surface area contributed by atoms with Crippen molar-refractivity contribution in [1.82, 2.24) is 30.4 Å². The van der Waals surface area contributed by atoms with E-state index in [0.29, 0.717) is 29.8 Å². The molecule has 1 N–H and O–H groups in total. The number of nitrogens with one attached hydrogen (secondary N) is 1. The molecule has 0 radical (unpaired) electrons. The highest BCUT2D eigenvalue weighted by Crippen LogP contribution is 2.42. The molecule has 0 spiro atoms. The minimum Gasteiger partial charge on any atom is -0.300 e. The first-order valence-electron chi connectivity index (χ1n) is 11.9. The van der Waals surface area contributed by atoms with Gasteiger partial charge in [-0.2, -0.15) is 0 Å². The fourth-order valence-corrected chi connectivity index (χ4v) is 6.28. The van der Waals surface area contributed by atoms with Gasteiger partial charge in [0, 0.05) is 42.0 Å². The molecule has 5 rings (SSSR count). The quantitative estimate of drug-likeness (QED) is 0.350. The average Bonchev–Trinajstić information content (AvgIpc) is 3.55. The number of ketones is 1. The Hall–Kier alpha value is -3.44. The van der Waals surface area contributed by atoms with Gasteiger partial charge in [-0.1, -0.05) is 23.5 Å². The maximum atomic E-state index is 12.4. The molecule has 0 aromatic carbocycles. The van der Waals surface area contributed by atoms with E-state index in [9.17, 15) is 9.59 Å². The van der Waals surface area contributed by atoms with E-state index in [0.717, 1.165) is 52.1 Å². The zero-order valence-electron chi connectivity index (χ0n) is 19.5. The Morgan fingerprint density at radius 2 is 1.36 bits per heavy atom. The molecule has 0 saturated heterocycles. The first kappa shape index (κ1) is 24.3. The van der Waals surface area contributed by atoms with Crippen LogP contribution in [-0.4, -0.2) is 42.1 Å². The lowest BCUT2D eigenvalue weighted by Crippen LogP contribution is -2.14. The van der Waals surface area contributed by atoms with Crippen LogP contribution in [-0.2, 0) is 28.9 Å². The molecule has 1 saturated carbocycles. The Kier molecular flexibility index (Phi) is 7.77. The summed E-state index contributed by atoms with van der Waals surface area (Å²) in [6.07, 6.45) is 8.13. The van der Waals surface area contributed by atoms with Crippen LogP contribution in [0, 0.1) is 0 Å². The minimum atomic E-state index is -0.148. The molecule has 36 heavy (non-hydrogen) atoms. The molecule has 0 unspecified atom stereocenters. The summed E-state index contributed by atoms with van der Waals surface area (Å²) in [5.41, 5.74) is 1.49. The van der Waals surface area contributed by atoms with Gasteiger partial charge in [0.05, 0.1) is 12.8 Å². The maximum Gasteiger partial charge on any atom is 0.232 e. The van der Waals surface area contributed by atoms with Crippen molar-refractivity contribution in [2.45, 2.75) is 56.8 Å². The normalized spacial score (nSPS) is 17.6. The van der Waals surface area contributed by atoms with Crippen molar-refractivity contribution in [2.75, 3.05) is 5.32 Å². The van der Waals surface area contributed by atoms with Crippen LogP contribution in [0.2, 0.25) is 0 Å². The summed E-state index contributed by atoms with van der Waals surface area (Å²) < 4.78 is 0. The molecular formula is C25H25N7O2S2. The van der Waals surface area contributed by atoms with E-state index in [1.54, 1.807) is 23.7 Å². The number of nitrogens with zero attached hydrogens (tertiary/aromatic N) is 6. The topological polar surface area (TPSA) is 124 Å². The van der Waals surface area contributed by atoms with Crippen LogP contribution < -0.4 is 5.32 Å². The van der Waals surface area contributed by atoms with Crippen LogP contribution in [0.1, 0.15) is 63.9 Å². The number of Topliss-reactive ketones (excluding diaryl/α,β-unsaturated/α-hetero) is 1. The molecule has 1 aliphatic rings. The summed E-state index contributed by atoms with van der Waals surface area (Å²) >= 11 is 2.99. The second-order valence-corrected chi connectivity index (χ2v) is 10.9. The zero-order chi connectivity index (χ0) is 24.7. The predicted molar refractivity (Wildman–Crippen MR) is 137 cm³/mol. The first-order valence-corrected chi connectivity index (χ1v) is 13.5. The SMILES string of the molecule is O=C(Cc1ccccn1)Cc1nnc(C2CCC(c3nnc(NC(=O)Cc4ccccn4)s3)CC2)s1. The molecule has 4 aromatic heterocycles. The lowest BCUT2D eigenvalue weighted by Gasteiger charge is -2.25. The molecule has 1 fully saturated rings. The van der Waals surface area contributed by atoms with Gasteiger partial charge in [-0.05, 0) is 49.9 Å². The van der Waals surface area contributed by atoms with Crippen molar-refractivity contribution in [3.8, 4) is 0 Å². The van der Waals surface area contributed by atoms with Crippen molar-refractivity contribution >= 4 is 39.5 Å². The summed E-state index contributed by atoms with van der Waals surface area (Å²) in [4.78, 5) is 33.1. The lowest BCUT2D eigenvalue weighted by atomic mass is 9.83. The van der Waals surface area contributed by atoms with Crippen molar-refractivity contribution in [1.29, 1.82) is 0 Å². The second-order valence-electron chi connectivity index (χ2n) is 8.79. The number of carbonyl (C=O) groups excluding carboxylic acids is 2. The van der Waals surface area contributed by atoms with Gasteiger partial charge >= 0.3 is 0 Å². The van der Waals surface area contributed by atoms with E-state index in [2.05, 4.69) is 35.7 Å². The number of rotatable bonds is 9. The summed E-state index contributed by atoms with van der Waals surface area (Å²) in [6, 6.07) is 11.1. The smallest absolute Gasteiger partial charge is 0.232 e. The third-order valence-electron chi connectivity index (χ3n) is 6.12. The van der Waals surface area contributed by atoms with Crippen LogP contribution in [0.25, 0.3) is 0 Å². The number of amides is 1. The Balaban J connectivity index is 1.09. The summed E-state index contributed by atoms with van der Waals surface area (Å²) in [7, 11) is 0. The van der Waals surface area contributed by atoms with Crippen molar-refractivity contribution in [3.63, 3.8) is 0 Å². The van der Waals surface area contributed by atoms with Gasteiger partial charge in [0.25, 0.3) is 0 Å². The van der Waals surface area contributed by atoms with Crippen molar-refractivity contribution < 1.29 is 9.59 Å². The van der Waals surface area contributed by atoms with Gasteiger partial charge in [0.2, 0.25) is 11.0 Å². The number of aromatic nitrogens is 6. The molecule has 4 heterocycles. The third kappa shape index (κ3) is 6.41. The molecule has 4 aromatic rings. The van der Waals surface area contributed by atoms with Crippen molar-refractivity contribution in [2.24, 2.45) is 0 Å². The van der Waals surface area contributed by atoms with Crippen molar-refractivity contribution in [3.05, 3.63) is 75.2 Å². The maximum absolute atomic E-state index is 12.4. The molecule has 11 heteroatoms. The molecule has 1 aliphatic carbocycles. The summed E-state index contributed by atoms with van der Waals surface area (Å²) in [5, 5.41) is 23.3. The monoisotopic (exact) mass is 519 g/mol. The van der Waals surface area contributed by atoms with E-state index in [-0.39, 0.29) is 18.1 Å². The number of carbonyl (C=O) groups is 2. The number of hydrogen-bond acceptors (Lipinski definition) is 10. The van der Waals surface area contributed by atoms with Gasteiger partial charge in [0.1, 0.15) is 20.8 Å². The highest BCUT2D eigenvalue weighted by Gasteiger charge is 2.28. The number of hydrogen-bond donors (Lipinski definition) is 1. The zero-order valence-corrected chi connectivity index (χ0v) is 21.2. The Morgan fingerprint density at radius 3 is 2.00 bits per heavy atom. The second kappa shape index (κ2) is 11.5. The van der Waals surface area contributed by atoms with E-state index in [4.69, 9.17) is 0 Å². The Morgan fingerprint density at radius 1 is 0.750 bits per heavy atom. The van der Waals surface area contributed by atoms with Crippen LogP contribution in [0.15, 0.2) is 48.8 Å². The van der Waals surface area contributed by atoms with Crippen LogP contribution in [0.5, 0.6) is 0 Å². The fraction of sp³-hybridized carbons (Fsp3) is 0.360. The van der Waals surface area contributed by atoms with Gasteiger partial charge in [-0.25, -0.2) is 0 Å². The van der Waals surface area contributed by atoms with E-state index < -0.39 is 0 Å². The molecule has 184 valence electrons. The van der Waals surface area contributed by atoms with E-state index in [1.807, 2.05) is 36.4 Å². The van der Waals surface area contributed by atoms with Gasteiger partial charge in [0.15, 0.2) is 0 Å². The average molecular weight is 520 g/mol. The molecular weight excluding hydrogens is 494 g/mol. The van der Waals surface area contributed by atoms with Crippen LogP contribution >= 0.6 is 22.7 Å². The van der Waals surface area contributed by atoms with E-state index >= 15 is 0 Å². The van der Waals surface area contributed by atoms with Crippen LogP contribution in [0.3, 0.4) is 0 Å². The Labute approximate surface area is 216 Å². The third-order valence-corrected chi connectivity index (χ3v) is 8.20. The first-order chi connectivity index (χ1) is 17.6. The molecule has 1 amide bonds. The van der Waals surface area contributed by atoms with Gasteiger partial charge in [-0.15, -0.1) is 31.7 Å². The fourth-order valence-electron chi connectivity index (χ4n) is 4.31. The highest BCUT2D eigenvalue weighted by molar-refractivity contribution is 7.15. The number of anilines is 1. The van der Waals surface area contributed by atoms with E-state index in [1.165, 1.54) is 11.3 Å². The summed E-state index contributed by atoms with van der Waals surface area (Å²) in [5.74, 6) is 0.626. The van der Waals surface area contributed by atoms with Gasteiger partial charge < -0.3 is 5.32 Å². The lowest BCUT2D eigenvalue weighted by molar-refractivity contribution is -0.118. The van der Waals surface area contributed by atoms with Crippen LogP contribution in [0.4, 0.5) is 5.13 Å². The standard InChI is InChI=1S/C25H25N7O2S2/c33-20(13-18-5-1-3-11-26-18)15-22-29-30-23(35-22)16-7-9-17(10-8-16)24-31-32-25(36-24)28-21(34)14-19-6-2-4-12-27-19/h1-6,11-12,16-17H,7-10,13-15H2,(H,28,32,34). The highest BCUT2D eigenvalue weighted by atomic mass is 32.1. The molecule has 0 bridgehead atoms. The number of pyridine rings is 2. The minimum absolute atomic E-state index is 0.0966. The largest absolute Gasteiger partial charge is 0.300 e. The predicted octanol–water partition coefficient (Wildman–Crippen LogP) is 4.16. The summed E-state index contributed by atoms with van der Waals surface area (Å²) in [6.45, 7) is 0. The molecule has 9 nitrogen and oxygen atoms in total.